The highest BCUT2D eigenvalue weighted by Crippen LogP contribution is 2.42. The third-order valence-electron chi connectivity index (χ3n) is 8.04. The van der Waals surface area contributed by atoms with Gasteiger partial charge in [-0.3, -0.25) is 9.59 Å². The second kappa shape index (κ2) is 16.3. The van der Waals surface area contributed by atoms with E-state index in [0.717, 1.165) is 6.07 Å². The van der Waals surface area contributed by atoms with Gasteiger partial charge in [0.25, 0.3) is 5.91 Å². The summed E-state index contributed by atoms with van der Waals surface area (Å²) in [5.41, 5.74) is 3.77. The molecule has 0 fully saturated rings. The maximum absolute atomic E-state index is 15.0. The van der Waals surface area contributed by atoms with E-state index in [1.165, 1.54) is 38.5 Å². The number of halogens is 2. The average Bonchev–Trinajstić information content (AvgIpc) is 3.42. The number of ether oxygens (including phenoxy) is 2. The molecule has 0 aliphatic heterocycles. The average molecular weight is 663 g/mol. The zero-order valence-corrected chi connectivity index (χ0v) is 27.3. The van der Waals surface area contributed by atoms with Gasteiger partial charge in [-0.25, -0.2) is 13.6 Å². The number of nitrogens with one attached hydrogen (secondary N) is 1. The third kappa shape index (κ3) is 8.53. The summed E-state index contributed by atoms with van der Waals surface area (Å²) in [4.78, 5) is 37.7. The van der Waals surface area contributed by atoms with Crippen LogP contribution in [0.3, 0.4) is 0 Å². The van der Waals surface area contributed by atoms with Gasteiger partial charge in [-0.15, -0.1) is 0 Å². The molecule has 0 bridgehead atoms. The molecule has 254 valence electrons. The molecule has 1 amide bonds. The first-order chi connectivity index (χ1) is 22.9. The summed E-state index contributed by atoms with van der Waals surface area (Å²) in [6.45, 7) is 3.64. The summed E-state index contributed by atoms with van der Waals surface area (Å²) in [6, 6.07) is 18.8. The van der Waals surface area contributed by atoms with Crippen LogP contribution in [0, 0.1) is 11.6 Å². The lowest BCUT2D eigenvalue weighted by Crippen LogP contribution is -2.28. The minimum atomic E-state index is -1.11. The minimum Gasteiger partial charge on any atom is -0.469 e. The molecule has 48 heavy (non-hydrogen) atoms. The highest BCUT2D eigenvalue weighted by molar-refractivity contribution is 6.05. The molecule has 1 heterocycles. The number of aliphatic hydroxyl groups is 2. The fourth-order valence-corrected chi connectivity index (χ4v) is 5.78. The van der Waals surface area contributed by atoms with E-state index in [9.17, 15) is 33.4 Å². The van der Waals surface area contributed by atoms with Crippen molar-refractivity contribution in [1.82, 2.24) is 9.88 Å². The molecule has 4 aromatic rings. The van der Waals surface area contributed by atoms with Crippen LogP contribution in [0.4, 0.5) is 8.78 Å². The van der Waals surface area contributed by atoms with Crippen LogP contribution in [-0.2, 0) is 27.2 Å². The largest absolute Gasteiger partial charge is 0.469 e. The summed E-state index contributed by atoms with van der Waals surface area (Å²) in [7, 11) is 2.42. The van der Waals surface area contributed by atoms with Gasteiger partial charge < -0.3 is 29.6 Å². The quantitative estimate of drug-likeness (QED) is 0.141. The number of hydrogen-bond donors (Lipinski definition) is 3. The van der Waals surface area contributed by atoms with Gasteiger partial charge in [0.1, 0.15) is 17.3 Å². The van der Waals surface area contributed by atoms with Crippen molar-refractivity contribution < 1.29 is 42.9 Å². The number of amides is 1. The van der Waals surface area contributed by atoms with E-state index in [1.807, 2.05) is 48.7 Å². The van der Waals surface area contributed by atoms with Crippen molar-refractivity contribution in [2.24, 2.45) is 0 Å². The predicted octanol–water partition coefficient (Wildman–Crippen LogP) is 6.01. The van der Waals surface area contributed by atoms with Crippen molar-refractivity contribution in [2.75, 3.05) is 14.2 Å². The van der Waals surface area contributed by atoms with Crippen molar-refractivity contribution in [2.45, 2.75) is 64.3 Å². The molecule has 0 saturated carbocycles. The number of carbonyl (C=O) groups excluding carboxylic acids is 3. The zero-order valence-electron chi connectivity index (χ0n) is 27.3. The highest BCUT2D eigenvalue weighted by atomic mass is 19.1. The zero-order chi connectivity index (χ0) is 35.0. The number of benzene rings is 3. The lowest BCUT2D eigenvalue weighted by atomic mass is 9.92. The van der Waals surface area contributed by atoms with Gasteiger partial charge >= 0.3 is 11.9 Å². The van der Waals surface area contributed by atoms with E-state index in [-0.39, 0.29) is 55.1 Å². The number of aromatic nitrogens is 1. The van der Waals surface area contributed by atoms with Crippen LogP contribution in [0.5, 0.6) is 0 Å². The summed E-state index contributed by atoms with van der Waals surface area (Å²) >= 11 is 0. The van der Waals surface area contributed by atoms with Crippen molar-refractivity contribution in [3.63, 3.8) is 0 Å². The number of nitrogens with zero attached hydrogens (tertiary/aromatic N) is 1. The monoisotopic (exact) mass is 662 g/mol. The molecule has 0 saturated heterocycles. The molecule has 3 N–H and O–H groups in total. The highest BCUT2D eigenvalue weighted by Gasteiger charge is 2.30. The Morgan fingerprint density at radius 2 is 1.52 bits per heavy atom. The summed E-state index contributed by atoms with van der Waals surface area (Å²) < 4.78 is 40.2. The predicted molar refractivity (Wildman–Crippen MR) is 176 cm³/mol. The third-order valence-corrected chi connectivity index (χ3v) is 8.04. The molecule has 1 aromatic heterocycles. The molecule has 11 heteroatoms. The van der Waals surface area contributed by atoms with Gasteiger partial charge in [-0.2, -0.15) is 0 Å². The Bertz CT molecular complexity index is 1740. The molecule has 0 aliphatic rings. The Labute approximate surface area is 278 Å². The Morgan fingerprint density at radius 1 is 0.854 bits per heavy atom. The lowest BCUT2D eigenvalue weighted by Gasteiger charge is -2.20. The van der Waals surface area contributed by atoms with E-state index in [0.29, 0.717) is 27.9 Å². The van der Waals surface area contributed by atoms with Crippen molar-refractivity contribution in [1.29, 1.82) is 0 Å². The molecule has 0 spiro atoms. The van der Waals surface area contributed by atoms with Crippen molar-refractivity contribution >= 4 is 17.8 Å². The molecule has 4 rings (SSSR count). The summed E-state index contributed by atoms with van der Waals surface area (Å²) in [6.07, 6.45) is -1.99. The van der Waals surface area contributed by atoms with Crippen LogP contribution < -0.4 is 5.32 Å². The first kappa shape index (κ1) is 36.0. The number of esters is 2. The maximum atomic E-state index is 15.0. The van der Waals surface area contributed by atoms with Crippen LogP contribution in [0.2, 0.25) is 0 Å². The van der Waals surface area contributed by atoms with Gasteiger partial charge in [0.05, 0.1) is 38.4 Å². The SMILES string of the molecule is COC(=O)C[C@H](O)C[C@H](O)CCc1c(-c2ccc(F)cc2)c(-c2ccccc2)c(C(=O)NCc2ccc(C(=O)OC)cc2F)n1C(C)C. The van der Waals surface area contributed by atoms with Crippen LogP contribution in [-0.4, -0.2) is 59.1 Å². The molecule has 9 nitrogen and oxygen atoms in total. The number of methoxy groups -OCH3 is 2. The lowest BCUT2D eigenvalue weighted by molar-refractivity contribution is -0.143. The Balaban J connectivity index is 1.81. The summed E-state index contributed by atoms with van der Waals surface area (Å²) in [5, 5.41) is 24.0. The maximum Gasteiger partial charge on any atom is 0.337 e. The molecule has 3 aromatic carbocycles. The fourth-order valence-electron chi connectivity index (χ4n) is 5.78. The molecule has 0 radical (unpaired) electrons. The van der Waals surface area contributed by atoms with Crippen molar-refractivity contribution in [3.05, 3.63) is 107 Å². The standard InChI is InChI=1S/C37H40F2N2O7/c1-22(2)41-31(17-16-28(42)19-29(43)20-32(44)47-3)33(24-12-14-27(38)15-13-24)34(23-8-6-5-7-9-23)35(41)36(45)40-21-26-11-10-25(18-30(26)39)37(46)48-4/h5-15,18,22,28-29,42-43H,16-17,19-21H2,1-4H3,(H,40,45)/t28-,29-/m1/s1. The van der Waals surface area contributed by atoms with Crippen LogP contribution in [0.15, 0.2) is 72.8 Å². The second-order valence-electron chi connectivity index (χ2n) is 11.7. The van der Waals surface area contributed by atoms with E-state index in [4.69, 9.17) is 0 Å². The number of rotatable bonds is 14. The normalized spacial score (nSPS) is 12.4. The van der Waals surface area contributed by atoms with Crippen LogP contribution in [0.1, 0.15) is 71.3 Å². The first-order valence-electron chi connectivity index (χ1n) is 15.6. The molecular weight excluding hydrogens is 622 g/mol. The van der Waals surface area contributed by atoms with E-state index >= 15 is 0 Å². The van der Waals surface area contributed by atoms with Gasteiger partial charge in [0.15, 0.2) is 0 Å². The van der Waals surface area contributed by atoms with E-state index in [1.54, 1.807) is 12.1 Å². The number of hydrogen-bond acceptors (Lipinski definition) is 7. The fraction of sp³-hybridized carbons (Fsp3) is 0.324. The molecule has 0 aliphatic carbocycles. The Morgan fingerprint density at radius 3 is 2.12 bits per heavy atom. The summed E-state index contributed by atoms with van der Waals surface area (Å²) in [5.74, 6) is -2.89. The van der Waals surface area contributed by atoms with Crippen molar-refractivity contribution in [3.8, 4) is 22.3 Å². The van der Waals surface area contributed by atoms with Crippen LogP contribution in [0.25, 0.3) is 22.3 Å². The van der Waals surface area contributed by atoms with Gasteiger partial charge in [0.2, 0.25) is 0 Å². The Kier molecular flexibility index (Phi) is 12.2. The van der Waals surface area contributed by atoms with Gasteiger partial charge in [-0.05, 0) is 68.5 Å². The second-order valence-corrected chi connectivity index (χ2v) is 11.7. The number of carbonyl (C=O) groups is 3. The smallest absolute Gasteiger partial charge is 0.337 e. The van der Waals surface area contributed by atoms with Gasteiger partial charge in [-0.1, -0.05) is 48.5 Å². The Hall–Kier alpha value is -4.87. The molecule has 0 unspecified atom stereocenters. The molecular formula is C37H40F2N2O7. The van der Waals surface area contributed by atoms with Gasteiger partial charge in [0, 0.05) is 35.0 Å². The van der Waals surface area contributed by atoms with Crippen LogP contribution >= 0.6 is 0 Å². The van der Waals surface area contributed by atoms with E-state index in [2.05, 4.69) is 14.8 Å². The topological polar surface area (TPSA) is 127 Å². The number of aliphatic hydroxyl groups excluding tert-OH is 2. The van der Waals surface area contributed by atoms with E-state index < -0.39 is 41.7 Å². The first-order valence-corrected chi connectivity index (χ1v) is 15.6. The minimum absolute atomic E-state index is 0.0405. The molecule has 2 atom stereocenters.